The maximum absolute atomic E-state index is 5.53. The average molecular weight is 205 g/mol. The molecule has 0 aliphatic carbocycles. The second kappa shape index (κ2) is 4.27. The smallest absolute Gasteiger partial charge is 0.0951 e. The van der Waals surface area contributed by atoms with Crippen LogP contribution in [0.3, 0.4) is 0 Å². The molecule has 0 radical (unpaired) electrons. The largest absolute Gasteiger partial charge is 0.330 e. The van der Waals surface area contributed by atoms with E-state index in [1.807, 2.05) is 32.0 Å². The number of imidazole rings is 1. The van der Waals surface area contributed by atoms with E-state index in [2.05, 4.69) is 14.6 Å². The van der Waals surface area contributed by atoms with Crippen LogP contribution in [0.25, 0.3) is 0 Å². The Kier molecular flexibility index (Phi) is 2.82. The highest BCUT2D eigenvalue weighted by molar-refractivity contribution is 5.08. The summed E-state index contributed by atoms with van der Waals surface area (Å²) in [5.74, 6) is 0. The average Bonchev–Trinajstić information content (AvgIpc) is 2.78. The van der Waals surface area contributed by atoms with Crippen LogP contribution in [0.15, 0.2) is 24.9 Å². The van der Waals surface area contributed by atoms with Crippen molar-refractivity contribution in [3.63, 3.8) is 0 Å². The van der Waals surface area contributed by atoms with Gasteiger partial charge in [-0.1, -0.05) is 0 Å². The maximum Gasteiger partial charge on any atom is 0.0951 e. The molecule has 0 fully saturated rings. The lowest BCUT2D eigenvalue weighted by atomic mass is 10.3. The lowest BCUT2D eigenvalue weighted by Gasteiger charge is -2.04. The molecular formula is C10H15N5. The molecule has 0 bridgehead atoms. The van der Waals surface area contributed by atoms with Gasteiger partial charge in [-0.15, -0.1) is 0 Å². The zero-order chi connectivity index (χ0) is 10.7. The molecule has 5 heteroatoms. The van der Waals surface area contributed by atoms with Gasteiger partial charge in [-0.2, -0.15) is 5.10 Å². The van der Waals surface area contributed by atoms with E-state index >= 15 is 0 Å². The minimum atomic E-state index is 0.652. The highest BCUT2D eigenvalue weighted by Crippen LogP contribution is 2.05. The van der Waals surface area contributed by atoms with Gasteiger partial charge < -0.3 is 10.3 Å². The molecular weight excluding hydrogens is 190 g/mol. The SMILES string of the molecule is Cn1cc(Cn2cncc2CCN)cn1. The number of rotatable bonds is 4. The van der Waals surface area contributed by atoms with E-state index in [-0.39, 0.29) is 0 Å². The van der Waals surface area contributed by atoms with E-state index in [1.165, 1.54) is 11.3 Å². The lowest BCUT2D eigenvalue weighted by Crippen LogP contribution is -2.08. The third-order valence-electron chi connectivity index (χ3n) is 2.31. The van der Waals surface area contributed by atoms with Crippen molar-refractivity contribution in [2.75, 3.05) is 6.54 Å². The first-order chi connectivity index (χ1) is 7.29. The standard InChI is InChI=1S/C10H15N5/c1-14-6-9(4-13-14)7-15-8-12-5-10(15)2-3-11/h4-6,8H,2-3,7,11H2,1H3. The van der Waals surface area contributed by atoms with Gasteiger partial charge in [-0.25, -0.2) is 4.98 Å². The molecule has 0 aromatic carbocycles. The zero-order valence-corrected chi connectivity index (χ0v) is 8.80. The zero-order valence-electron chi connectivity index (χ0n) is 8.80. The van der Waals surface area contributed by atoms with Crippen LogP contribution in [0.2, 0.25) is 0 Å². The van der Waals surface area contributed by atoms with Crippen molar-refractivity contribution < 1.29 is 0 Å². The van der Waals surface area contributed by atoms with E-state index < -0.39 is 0 Å². The second-order valence-electron chi connectivity index (χ2n) is 3.57. The molecule has 0 saturated carbocycles. The molecule has 0 saturated heterocycles. The third kappa shape index (κ3) is 2.24. The Hall–Kier alpha value is -1.62. The number of hydrogen-bond donors (Lipinski definition) is 1. The van der Waals surface area contributed by atoms with Crippen LogP contribution in [0.4, 0.5) is 0 Å². The van der Waals surface area contributed by atoms with Crippen molar-refractivity contribution in [1.82, 2.24) is 19.3 Å². The Morgan fingerprint density at radius 2 is 2.27 bits per heavy atom. The maximum atomic E-state index is 5.53. The Morgan fingerprint density at radius 3 is 2.93 bits per heavy atom. The molecule has 0 aliphatic rings. The number of aryl methyl sites for hydroxylation is 1. The molecule has 80 valence electrons. The summed E-state index contributed by atoms with van der Waals surface area (Å²) in [5, 5.41) is 4.13. The van der Waals surface area contributed by atoms with Crippen LogP contribution in [0.5, 0.6) is 0 Å². The van der Waals surface area contributed by atoms with E-state index in [1.54, 1.807) is 4.68 Å². The van der Waals surface area contributed by atoms with E-state index in [0.29, 0.717) is 6.54 Å². The molecule has 2 N–H and O–H groups in total. The molecule has 2 heterocycles. The fourth-order valence-corrected chi connectivity index (χ4v) is 1.60. The highest BCUT2D eigenvalue weighted by atomic mass is 15.2. The van der Waals surface area contributed by atoms with Gasteiger partial charge in [-0.3, -0.25) is 4.68 Å². The highest BCUT2D eigenvalue weighted by Gasteiger charge is 2.03. The Labute approximate surface area is 88.5 Å². The summed E-state index contributed by atoms with van der Waals surface area (Å²) in [6.45, 7) is 1.46. The molecule has 0 aliphatic heterocycles. The molecule has 2 rings (SSSR count). The number of nitrogens with two attached hydrogens (primary N) is 1. The first-order valence-electron chi connectivity index (χ1n) is 4.96. The molecule has 2 aromatic heterocycles. The molecule has 0 spiro atoms. The van der Waals surface area contributed by atoms with E-state index in [9.17, 15) is 0 Å². The molecule has 0 unspecified atom stereocenters. The lowest BCUT2D eigenvalue weighted by molar-refractivity contribution is 0.729. The molecule has 0 atom stereocenters. The van der Waals surface area contributed by atoms with E-state index in [0.717, 1.165) is 13.0 Å². The fraction of sp³-hybridized carbons (Fsp3) is 0.400. The van der Waals surface area contributed by atoms with Crippen LogP contribution in [0.1, 0.15) is 11.3 Å². The predicted molar refractivity (Wildman–Crippen MR) is 57.3 cm³/mol. The third-order valence-corrected chi connectivity index (χ3v) is 2.31. The van der Waals surface area contributed by atoms with Gasteiger partial charge in [0.2, 0.25) is 0 Å². The van der Waals surface area contributed by atoms with Gasteiger partial charge in [0.05, 0.1) is 19.1 Å². The van der Waals surface area contributed by atoms with Gasteiger partial charge in [0.1, 0.15) is 0 Å². The summed E-state index contributed by atoms with van der Waals surface area (Å²) >= 11 is 0. The molecule has 0 amide bonds. The van der Waals surface area contributed by atoms with Crippen LogP contribution in [-0.2, 0) is 20.0 Å². The molecule has 5 nitrogen and oxygen atoms in total. The van der Waals surface area contributed by atoms with Crippen LogP contribution in [0, 0.1) is 0 Å². The summed E-state index contributed by atoms with van der Waals surface area (Å²) in [6.07, 6.45) is 8.43. The summed E-state index contributed by atoms with van der Waals surface area (Å²) in [7, 11) is 1.91. The number of nitrogens with zero attached hydrogens (tertiary/aromatic N) is 4. The van der Waals surface area contributed by atoms with Gasteiger partial charge >= 0.3 is 0 Å². The van der Waals surface area contributed by atoms with Crippen LogP contribution < -0.4 is 5.73 Å². The minimum Gasteiger partial charge on any atom is -0.330 e. The van der Waals surface area contributed by atoms with Crippen molar-refractivity contribution in [3.8, 4) is 0 Å². The topological polar surface area (TPSA) is 61.7 Å². The van der Waals surface area contributed by atoms with Gasteiger partial charge in [-0.05, 0) is 6.54 Å². The quantitative estimate of drug-likeness (QED) is 0.773. The summed E-state index contributed by atoms with van der Waals surface area (Å²) in [4.78, 5) is 4.12. The number of hydrogen-bond acceptors (Lipinski definition) is 3. The Morgan fingerprint density at radius 1 is 1.40 bits per heavy atom. The van der Waals surface area contributed by atoms with Crippen molar-refractivity contribution in [2.24, 2.45) is 12.8 Å². The summed E-state index contributed by atoms with van der Waals surface area (Å²) < 4.78 is 3.90. The van der Waals surface area contributed by atoms with Crippen LogP contribution in [-0.4, -0.2) is 25.9 Å². The fourth-order valence-electron chi connectivity index (χ4n) is 1.60. The van der Waals surface area contributed by atoms with Crippen LogP contribution >= 0.6 is 0 Å². The van der Waals surface area contributed by atoms with Gasteiger partial charge in [0.25, 0.3) is 0 Å². The first kappa shape index (κ1) is 9.92. The Balaban J connectivity index is 2.13. The number of aromatic nitrogens is 4. The minimum absolute atomic E-state index is 0.652. The second-order valence-corrected chi connectivity index (χ2v) is 3.57. The van der Waals surface area contributed by atoms with Crippen molar-refractivity contribution in [3.05, 3.63) is 36.2 Å². The normalized spacial score (nSPS) is 10.8. The van der Waals surface area contributed by atoms with Crippen molar-refractivity contribution in [2.45, 2.75) is 13.0 Å². The van der Waals surface area contributed by atoms with E-state index in [4.69, 9.17) is 5.73 Å². The van der Waals surface area contributed by atoms with Crippen molar-refractivity contribution >= 4 is 0 Å². The predicted octanol–water partition coefficient (Wildman–Crippen LogP) is 0.166. The monoisotopic (exact) mass is 205 g/mol. The van der Waals surface area contributed by atoms with Gasteiger partial charge in [0.15, 0.2) is 0 Å². The Bertz CT molecular complexity index is 428. The molecule has 2 aromatic rings. The van der Waals surface area contributed by atoms with Gasteiger partial charge in [0, 0.05) is 37.1 Å². The first-order valence-corrected chi connectivity index (χ1v) is 4.96. The molecule has 15 heavy (non-hydrogen) atoms. The van der Waals surface area contributed by atoms with Crippen molar-refractivity contribution in [1.29, 1.82) is 0 Å². The summed E-state index contributed by atoms with van der Waals surface area (Å²) in [6, 6.07) is 0. The summed E-state index contributed by atoms with van der Waals surface area (Å²) in [5.41, 5.74) is 7.87.